The number of nitrogens with zero attached hydrogens (tertiary/aromatic N) is 2. The van der Waals surface area contributed by atoms with Crippen molar-refractivity contribution in [2.24, 2.45) is 4.99 Å². The molecule has 68 valence electrons. The molecule has 0 aliphatic carbocycles. The molecule has 2 nitrogen and oxygen atoms in total. The molecular formula is C10H18N2. The summed E-state index contributed by atoms with van der Waals surface area (Å²) in [7, 11) is 0. The smallest absolute Gasteiger partial charge is 0.101 e. The van der Waals surface area contributed by atoms with E-state index in [0.29, 0.717) is 6.17 Å². The highest BCUT2D eigenvalue weighted by Crippen LogP contribution is 2.18. The molecule has 0 aromatic rings. The zero-order valence-electron chi connectivity index (χ0n) is 7.71. The van der Waals surface area contributed by atoms with Gasteiger partial charge in [-0.3, -0.25) is 9.89 Å². The van der Waals surface area contributed by atoms with Gasteiger partial charge in [0.05, 0.1) is 0 Å². The third-order valence-electron chi connectivity index (χ3n) is 2.89. The number of aliphatic imine (C=N–C) groups is 1. The average Bonchev–Trinajstić information content (AvgIpc) is 2.21. The summed E-state index contributed by atoms with van der Waals surface area (Å²) in [6.45, 7) is 2.56. The molecule has 0 unspecified atom stereocenters. The summed E-state index contributed by atoms with van der Waals surface area (Å²) < 4.78 is 0. The third-order valence-corrected chi connectivity index (χ3v) is 2.89. The van der Waals surface area contributed by atoms with Gasteiger partial charge >= 0.3 is 0 Å². The molecule has 0 amide bonds. The third kappa shape index (κ3) is 1.86. The molecule has 1 fully saturated rings. The van der Waals surface area contributed by atoms with Crippen LogP contribution >= 0.6 is 0 Å². The van der Waals surface area contributed by atoms with Crippen LogP contribution in [0.3, 0.4) is 0 Å². The Morgan fingerprint density at radius 1 is 1.08 bits per heavy atom. The molecule has 12 heavy (non-hydrogen) atoms. The van der Waals surface area contributed by atoms with Gasteiger partial charge in [-0.05, 0) is 32.1 Å². The van der Waals surface area contributed by atoms with Gasteiger partial charge in [0.25, 0.3) is 0 Å². The molecule has 2 heteroatoms. The number of likely N-dealkylation sites (tertiary alicyclic amines) is 1. The van der Waals surface area contributed by atoms with E-state index in [0.717, 1.165) is 0 Å². The van der Waals surface area contributed by atoms with E-state index in [1.807, 2.05) is 0 Å². The van der Waals surface area contributed by atoms with E-state index < -0.39 is 0 Å². The minimum atomic E-state index is 0.541. The van der Waals surface area contributed by atoms with Gasteiger partial charge in [0.1, 0.15) is 6.17 Å². The molecule has 0 radical (unpaired) electrons. The first-order valence-electron chi connectivity index (χ1n) is 5.22. The minimum absolute atomic E-state index is 0.541. The molecule has 0 bridgehead atoms. The van der Waals surface area contributed by atoms with Crippen molar-refractivity contribution in [2.45, 2.75) is 44.7 Å². The summed E-state index contributed by atoms with van der Waals surface area (Å²) in [6, 6.07) is 0. The van der Waals surface area contributed by atoms with Gasteiger partial charge in [-0.25, -0.2) is 0 Å². The van der Waals surface area contributed by atoms with Crippen LogP contribution in [-0.2, 0) is 0 Å². The van der Waals surface area contributed by atoms with Crippen LogP contribution < -0.4 is 0 Å². The van der Waals surface area contributed by atoms with Crippen molar-refractivity contribution in [1.29, 1.82) is 0 Å². The lowest BCUT2D eigenvalue weighted by atomic mass is 10.1. The Morgan fingerprint density at radius 3 is 2.58 bits per heavy atom. The van der Waals surface area contributed by atoms with E-state index in [9.17, 15) is 0 Å². The van der Waals surface area contributed by atoms with Crippen molar-refractivity contribution in [1.82, 2.24) is 4.90 Å². The van der Waals surface area contributed by atoms with Crippen molar-refractivity contribution in [3.05, 3.63) is 0 Å². The van der Waals surface area contributed by atoms with E-state index in [1.54, 1.807) is 0 Å². The van der Waals surface area contributed by atoms with Crippen LogP contribution in [0.15, 0.2) is 4.99 Å². The lowest BCUT2D eigenvalue weighted by Crippen LogP contribution is -2.39. The highest BCUT2D eigenvalue weighted by molar-refractivity contribution is 5.58. The Hall–Kier alpha value is -0.370. The quantitative estimate of drug-likeness (QED) is 0.582. The van der Waals surface area contributed by atoms with Crippen LogP contribution in [0.4, 0.5) is 0 Å². The summed E-state index contributed by atoms with van der Waals surface area (Å²) in [6.07, 6.45) is 10.7. The summed E-state index contributed by atoms with van der Waals surface area (Å²) >= 11 is 0. The van der Waals surface area contributed by atoms with Gasteiger partial charge in [0.2, 0.25) is 0 Å². The van der Waals surface area contributed by atoms with Crippen LogP contribution in [0.1, 0.15) is 38.5 Å². The zero-order valence-corrected chi connectivity index (χ0v) is 7.71. The molecular weight excluding hydrogens is 148 g/mol. The van der Waals surface area contributed by atoms with Crippen LogP contribution in [0.5, 0.6) is 0 Å². The fourth-order valence-electron chi connectivity index (χ4n) is 2.16. The van der Waals surface area contributed by atoms with Crippen molar-refractivity contribution in [3.8, 4) is 0 Å². The highest BCUT2D eigenvalue weighted by atomic mass is 15.2. The number of piperidine rings is 1. The number of rotatable bonds is 1. The Morgan fingerprint density at radius 2 is 1.92 bits per heavy atom. The molecule has 0 spiro atoms. The highest BCUT2D eigenvalue weighted by Gasteiger charge is 2.19. The first-order chi connectivity index (χ1) is 5.97. The van der Waals surface area contributed by atoms with Crippen LogP contribution in [-0.4, -0.2) is 30.4 Å². The van der Waals surface area contributed by atoms with Crippen molar-refractivity contribution in [2.75, 3.05) is 13.1 Å². The molecule has 2 heterocycles. The second kappa shape index (κ2) is 4.04. The zero-order chi connectivity index (χ0) is 8.23. The molecule has 0 aromatic carbocycles. The molecule has 0 saturated carbocycles. The van der Waals surface area contributed by atoms with Crippen LogP contribution in [0, 0.1) is 0 Å². The van der Waals surface area contributed by atoms with Gasteiger partial charge in [0.15, 0.2) is 0 Å². The Bertz CT molecular complexity index is 159. The predicted molar refractivity (Wildman–Crippen MR) is 51.6 cm³/mol. The van der Waals surface area contributed by atoms with E-state index in [-0.39, 0.29) is 0 Å². The predicted octanol–water partition coefficient (Wildman–Crippen LogP) is 2.05. The summed E-state index contributed by atoms with van der Waals surface area (Å²) in [5.74, 6) is 0. The van der Waals surface area contributed by atoms with Gasteiger partial charge < -0.3 is 0 Å². The summed E-state index contributed by atoms with van der Waals surface area (Å²) in [5, 5.41) is 0. The average molecular weight is 166 g/mol. The second-order valence-corrected chi connectivity index (χ2v) is 3.84. The Labute approximate surface area is 74.7 Å². The Balaban J connectivity index is 1.88. The van der Waals surface area contributed by atoms with Gasteiger partial charge in [-0.1, -0.05) is 6.42 Å². The topological polar surface area (TPSA) is 15.6 Å². The second-order valence-electron chi connectivity index (χ2n) is 3.84. The van der Waals surface area contributed by atoms with Gasteiger partial charge in [-0.15, -0.1) is 0 Å². The summed E-state index contributed by atoms with van der Waals surface area (Å²) in [4.78, 5) is 7.11. The lowest BCUT2D eigenvalue weighted by Gasteiger charge is -2.33. The molecule has 1 atom stereocenters. The van der Waals surface area contributed by atoms with Crippen LogP contribution in [0.25, 0.3) is 0 Å². The lowest BCUT2D eigenvalue weighted by molar-refractivity contribution is 0.156. The van der Waals surface area contributed by atoms with Crippen molar-refractivity contribution < 1.29 is 0 Å². The first kappa shape index (κ1) is 8.24. The van der Waals surface area contributed by atoms with E-state index in [2.05, 4.69) is 16.1 Å². The molecule has 1 saturated heterocycles. The number of hydrogen-bond donors (Lipinski definition) is 0. The van der Waals surface area contributed by atoms with Gasteiger partial charge in [-0.2, -0.15) is 0 Å². The molecule has 0 N–H and O–H groups in total. The molecule has 2 rings (SSSR count). The summed E-state index contributed by atoms with van der Waals surface area (Å²) in [5.41, 5.74) is 0. The van der Waals surface area contributed by atoms with E-state index in [1.165, 1.54) is 51.6 Å². The Kier molecular flexibility index (Phi) is 2.77. The minimum Gasteiger partial charge on any atom is -0.282 e. The van der Waals surface area contributed by atoms with E-state index in [4.69, 9.17) is 0 Å². The van der Waals surface area contributed by atoms with Crippen molar-refractivity contribution in [3.63, 3.8) is 0 Å². The maximum Gasteiger partial charge on any atom is 0.101 e. The fourth-order valence-corrected chi connectivity index (χ4v) is 2.16. The standard InChI is InChI=1S/C10H18N2/c1-4-8-12(9-5-1)10-6-2-3-7-11-10/h7,10H,1-6,8-9H2/t10-/m0/s1. The monoisotopic (exact) mass is 166 g/mol. The largest absolute Gasteiger partial charge is 0.282 e. The number of hydrogen-bond acceptors (Lipinski definition) is 2. The molecule has 0 aromatic heterocycles. The first-order valence-corrected chi connectivity index (χ1v) is 5.22. The van der Waals surface area contributed by atoms with Crippen LogP contribution in [0.2, 0.25) is 0 Å². The van der Waals surface area contributed by atoms with Crippen molar-refractivity contribution >= 4 is 6.21 Å². The molecule has 2 aliphatic rings. The normalized spacial score (nSPS) is 32.2. The van der Waals surface area contributed by atoms with Gasteiger partial charge in [0, 0.05) is 19.3 Å². The SMILES string of the molecule is C1=N[C@@H](N2CCCCC2)CCC1. The fraction of sp³-hybridized carbons (Fsp3) is 0.900. The maximum atomic E-state index is 4.55. The van der Waals surface area contributed by atoms with E-state index >= 15 is 0 Å². The maximum absolute atomic E-state index is 4.55. The molecule has 2 aliphatic heterocycles.